The predicted octanol–water partition coefficient (Wildman–Crippen LogP) is 2.02. The summed E-state index contributed by atoms with van der Waals surface area (Å²) in [4.78, 5) is 19.8. The highest BCUT2D eigenvalue weighted by molar-refractivity contribution is 5.84. The molecule has 0 aliphatic heterocycles. The van der Waals surface area contributed by atoms with Crippen LogP contribution in [0.15, 0.2) is 22.6 Å². The SMILES string of the molecule is O=C(O)/C=C/c1nnc(-c2cc(F)cc([N+](=O)[O-])c2F)o1. The van der Waals surface area contributed by atoms with Crippen LogP contribution in [0.25, 0.3) is 17.5 Å². The topological polar surface area (TPSA) is 119 Å². The Bertz CT molecular complexity index is 756. The molecule has 2 rings (SSSR count). The second-order valence-electron chi connectivity index (χ2n) is 3.66. The average molecular weight is 297 g/mol. The number of hydrogen-bond acceptors (Lipinski definition) is 6. The maximum absolute atomic E-state index is 13.9. The molecule has 10 heteroatoms. The molecule has 8 nitrogen and oxygen atoms in total. The van der Waals surface area contributed by atoms with Gasteiger partial charge in [-0.2, -0.15) is 4.39 Å². The van der Waals surface area contributed by atoms with E-state index >= 15 is 0 Å². The molecule has 1 aromatic carbocycles. The Morgan fingerprint density at radius 3 is 2.71 bits per heavy atom. The Labute approximate surface area is 114 Å². The third-order valence-corrected chi connectivity index (χ3v) is 2.25. The van der Waals surface area contributed by atoms with Crippen LogP contribution in [0.1, 0.15) is 5.89 Å². The molecule has 0 spiro atoms. The maximum Gasteiger partial charge on any atom is 0.328 e. The molecular weight excluding hydrogens is 292 g/mol. The minimum absolute atomic E-state index is 0.279. The zero-order chi connectivity index (χ0) is 15.6. The molecule has 108 valence electrons. The van der Waals surface area contributed by atoms with E-state index in [1.54, 1.807) is 0 Å². The lowest BCUT2D eigenvalue weighted by atomic mass is 10.2. The highest BCUT2D eigenvalue weighted by Crippen LogP contribution is 2.29. The van der Waals surface area contributed by atoms with Gasteiger partial charge in [0.15, 0.2) is 0 Å². The molecule has 0 bridgehead atoms. The number of rotatable bonds is 4. The van der Waals surface area contributed by atoms with Gasteiger partial charge in [-0.15, -0.1) is 10.2 Å². The Hall–Kier alpha value is -3.17. The molecule has 0 amide bonds. The first-order chi connectivity index (χ1) is 9.88. The summed E-state index contributed by atoms with van der Waals surface area (Å²) < 4.78 is 32.0. The summed E-state index contributed by atoms with van der Waals surface area (Å²) >= 11 is 0. The van der Waals surface area contributed by atoms with Crippen molar-refractivity contribution < 1.29 is 28.0 Å². The molecule has 21 heavy (non-hydrogen) atoms. The lowest BCUT2D eigenvalue weighted by Crippen LogP contribution is -1.97. The van der Waals surface area contributed by atoms with Gasteiger partial charge < -0.3 is 9.52 Å². The van der Waals surface area contributed by atoms with E-state index in [0.29, 0.717) is 18.2 Å². The summed E-state index contributed by atoms with van der Waals surface area (Å²) in [5.41, 5.74) is -1.67. The maximum atomic E-state index is 13.9. The van der Waals surface area contributed by atoms with Crippen molar-refractivity contribution in [1.29, 1.82) is 0 Å². The molecule has 0 radical (unpaired) electrons. The zero-order valence-corrected chi connectivity index (χ0v) is 9.99. The molecular formula is C11H5F2N3O5. The van der Waals surface area contributed by atoms with Crippen molar-refractivity contribution in [2.45, 2.75) is 0 Å². The average Bonchev–Trinajstić information content (AvgIpc) is 2.87. The van der Waals surface area contributed by atoms with Crippen LogP contribution < -0.4 is 0 Å². The van der Waals surface area contributed by atoms with Crippen LogP contribution in [-0.4, -0.2) is 26.2 Å². The van der Waals surface area contributed by atoms with Gasteiger partial charge in [0.1, 0.15) is 5.82 Å². The van der Waals surface area contributed by atoms with Crippen LogP contribution in [0.3, 0.4) is 0 Å². The standard InChI is InChI=1S/C11H5F2N3O5/c12-5-3-6(10(13)7(4-5)16(19)20)11-15-14-8(21-11)1-2-9(17)18/h1-4H,(H,17,18)/b2-1+. The lowest BCUT2D eigenvalue weighted by molar-refractivity contribution is -0.387. The van der Waals surface area contributed by atoms with Crippen molar-refractivity contribution in [3.05, 3.63) is 45.8 Å². The number of carboxylic acid groups (broad SMARTS) is 1. The van der Waals surface area contributed by atoms with E-state index in [2.05, 4.69) is 10.2 Å². The van der Waals surface area contributed by atoms with Crippen LogP contribution in [0.2, 0.25) is 0 Å². The second kappa shape index (κ2) is 5.45. The number of aromatic nitrogens is 2. The Morgan fingerprint density at radius 2 is 2.10 bits per heavy atom. The predicted molar refractivity (Wildman–Crippen MR) is 63.0 cm³/mol. The molecule has 0 saturated carbocycles. The fourth-order valence-electron chi connectivity index (χ4n) is 1.42. The number of aliphatic carboxylic acids is 1. The monoisotopic (exact) mass is 297 g/mol. The molecule has 2 aromatic rings. The first kappa shape index (κ1) is 14.2. The minimum Gasteiger partial charge on any atom is -0.478 e. The van der Waals surface area contributed by atoms with Gasteiger partial charge in [-0.25, -0.2) is 9.18 Å². The number of halogens is 2. The van der Waals surface area contributed by atoms with Crippen LogP contribution in [0.5, 0.6) is 0 Å². The van der Waals surface area contributed by atoms with Gasteiger partial charge in [0.2, 0.25) is 11.7 Å². The summed E-state index contributed by atoms with van der Waals surface area (Å²) in [6.45, 7) is 0. The highest BCUT2D eigenvalue weighted by Gasteiger charge is 2.24. The molecule has 1 N–H and O–H groups in total. The molecule has 0 saturated heterocycles. The summed E-state index contributed by atoms with van der Waals surface area (Å²) in [6, 6.07) is 1.07. The number of nitro benzene ring substituents is 1. The van der Waals surface area contributed by atoms with Crippen molar-refractivity contribution in [2.24, 2.45) is 0 Å². The molecule has 0 unspecified atom stereocenters. The largest absolute Gasteiger partial charge is 0.478 e. The van der Waals surface area contributed by atoms with Gasteiger partial charge in [-0.3, -0.25) is 10.1 Å². The quantitative estimate of drug-likeness (QED) is 0.520. The Morgan fingerprint density at radius 1 is 1.38 bits per heavy atom. The van der Waals surface area contributed by atoms with Gasteiger partial charge >= 0.3 is 11.7 Å². The smallest absolute Gasteiger partial charge is 0.328 e. The molecule has 1 aromatic heterocycles. The van der Waals surface area contributed by atoms with E-state index in [4.69, 9.17) is 9.52 Å². The molecule has 0 atom stereocenters. The first-order valence-electron chi connectivity index (χ1n) is 5.27. The Balaban J connectivity index is 2.47. The van der Waals surface area contributed by atoms with E-state index in [1.165, 1.54) is 0 Å². The second-order valence-corrected chi connectivity index (χ2v) is 3.66. The van der Waals surface area contributed by atoms with Crippen molar-refractivity contribution in [3.63, 3.8) is 0 Å². The molecule has 0 fully saturated rings. The molecule has 1 heterocycles. The van der Waals surface area contributed by atoms with Crippen molar-refractivity contribution in [3.8, 4) is 11.5 Å². The van der Waals surface area contributed by atoms with Gasteiger partial charge in [0.25, 0.3) is 5.89 Å². The van der Waals surface area contributed by atoms with Crippen molar-refractivity contribution in [1.82, 2.24) is 10.2 Å². The fraction of sp³-hybridized carbons (Fsp3) is 0. The number of nitrogens with zero attached hydrogens (tertiary/aromatic N) is 3. The lowest BCUT2D eigenvalue weighted by Gasteiger charge is -1.99. The van der Waals surface area contributed by atoms with Crippen LogP contribution in [0, 0.1) is 21.7 Å². The van der Waals surface area contributed by atoms with E-state index in [-0.39, 0.29) is 5.89 Å². The van der Waals surface area contributed by atoms with E-state index in [0.717, 1.165) is 6.08 Å². The van der Waals surface area contributed by atoms with Crippen LogP contribution in [-0.2, 0) is 4.79 Å². The van der Waals surface area contributed by atoms with Crippen molar-refractivity contribution >= 4 is 17.7 Å². The van der Waals surface area contributed by atoms with Crippen LogP contribution >= 0.6 is 0 Å². The van der Waals surface area contributed by atoms with E-state index < -0.39 is 39.7 Å². The summed E-state index contributed by atoms with van der Waals surface area (Å²) in [5, 5.41) is 25.8. The van der Waals surface area contributed by atoms with Gasteiger partial charge in [-0.1, -0.05) is 0 Å². The van der Waals surface area contributed by atoms with E-state index in [1.807, 2.05) is 0 Å². The first-order valence-corrected chi connectivity index (χ1v) is 5.27. The minimum atomic E-state index is -1.33. The summed E-state index contributed by atoms with van der Waals surface area (Å²) in [5.74, 6) is -4.46. The van der Waals surface area contributed by atoms with Gasteiger partial charge in [0.05, 0.1) is 16.6 Å². The number of benzene rings is 1. The number of hydrogen-bond donors (Lipinski definition) is 1. The highest BCUT2D eigenvalue weighted by atomic mass is 19.1. The zero-order valence-electron chi connectivity index (χ0n) is 9.99. The van der Waals surface area contributed by atoms with E-state index in [9.17, 15) is 23.7 Å². The summed E-state index contributed by atoms with van der Waals surface area (Å²) in [6.07, 6.45) is 1.63. The van der Waals surface area contributed by atoms with Gasteiger partial charge in [-0.05, 0) is 6.07 Å². The van der Waals surface area contributed by atoms with Crippen molar-refractivity contribution in [2.75, 3.05) is 0 Å². The number of carbonyl (C=O) groups is 1. The third kappa shape index (κ3) is 3.05. The number of carboxylic acids is 1. The molecule has 0 aliphatic rings. The number of nitro groups is 1. The van der Waals surface area contributed by atoms with Crippen LogP contribution in [0.4, 0.5) is 14.5 Å². The molecule has 0 aliphatic carbocycles. The fourth-order valence-corrected chi connectivity index (χ4v) is 1.42. The van der Waals surface area contributed by atoms with Gasteiger partial charge in [0, 0.05) is 12.2 Å². The normalized spacial score (nSPS) is 11.0. The Kier molecular flexibility index (Phi) is 3.69. The third-order valence-electron chi connectivity index (χ3n) is 2.25. The summed E-state index contributed by atoms with van der Waals surface area (Å²) in [7, 11) is 0.